The van der Waals surface area contributed by atoms with Crippen LogP contribution in [0.25, 0.3) is 0 Å². The van der Waals surface area contributed by atoms with Crippen molar-refractivity contribution in [2.75, 3.05) is 20.2 Å². The standard InChI is InChI=1S/C11H19N3O4S/c1-4-6-7-14(3)19(16,17)10-9(8-12-13-10)11(15)18-5-2/h8H,4-7H2,1-3H3,(H,12,13). The monoisotopic (exact) mass is 289 g/mol. The van der Waals surface area contributed by atoms with Crippen molar-refractivity contribution in [3.63, 3.8) is 0 Å². The van der Waals surface area contributed by atoms with Crippen LogP contribution in [0.3, 0.4) is 0 Å². The molecule has 0 aliphatic carbocycles. The average molecular weight is 289 g/mol. The highest BCUT2D eigenvalue weighted by atomic mass is 32.2. The van der Waals surface area contributed by atoms with E-state index in [1.807, 2.05) is 6.92 Å². The van der Waals surface area contributed by atoms with Crippen molar-refractivity contribution in [1.29, 1.82) is 0 Å². The fraction of sp³-hybridized carbons (Fsp3) is 0.636. The highest BCUT2D eigenvalue weighted by Crippen LogP contribution is 2.17. The summed E-state index contributed by atoms with van der Waals surface area (Å²) < 4.78 is 30.6. The number of unbranched alkanes of at least 4 members (excludes halogenated alkanes) is 1. The molecular formula is C11H19N3O4S. The molecule has 1 aromatic rings. The molecule has 0 saturated heterocycles. The molecule has 0 unspecified atom stereocenters. The largest absolute Gasteiger partial charge is 0.462 e. The van der Waals surface area contributed by atoms with Gasteiger partial charge >= 0.3 is 5.97 Å². The van der Waals surface area contributed by atoms with Crippen LogP contribution in [0.1, 0.15) is 37.0 Å². The van der Waals surface area contributed by atoms with Gasteiger partial charge in [0.2, 0.25) is 0 Å². The molecule has 108 valence electrons. The Kier molecular flexibility index (Phi) is 5.49. The molecule has 0 saturated carbocycles. The maximum Gasteiger partial charge on any atom is 0.342 e. The Morgan fingerprint density at radius 1 is 1.47 bits per heavy atom. The highest BCUT2D eigenvalue weighted by molar-refractivity contribution is 7.89. The van der Waals surface area contributed by atoms with E-state index in [2.05, 4.69) is 10.2 Å². The molecule has 0 amide bonds. The van der Waals surface area contributed by atoms with E-state index in [0.717, 1.165) is 12.8 Å². The normalized spacial score (nSPS) is 11.8. The van der Waals surface area contributed by atoms with Gasteiger partial charge in [0.1, 0.15) is 5.56 Å². The third-order valence-electron chi connectivity index (χ3n) is 2.59. The van der Waals surface area contributed by atoms with E-state index in [1.54, 1.807) is 6.92 Å². The molecule has 8 heteroatoms. The Balaban J connectivity index is 3.02. The first kappa shape index (κ1) is 15.6. The van der Waals surface area contributed by atoms with Gasteiger partial charge in [-0.3, -0.25) is 5.10 Å². The summed E-state index contributed by atoms with van der Waals surface area (Å²) in [5, 5.41) is 5.77. The zero-order valence-electron chi connectivity index (χ0n) is 11.3. The maximum absolute atomic E-state index is 12.3. The summed E-state index contributed by atoms with van der Waals surface area (Å²) in [5.41, 5.74) is -0.0646. The van der Waals surface area contributed by atoms with Crippen LogP contribution in [0.15, 0.2) is 11.2 Å². The molecule has 0 spiro atoms. The molecule has 1 aromatic heterocycles. The first-order valence-electron chi connectivity index (χ1n) is 6.12. The summed E-state index contributed by atoms with van der Waals surface area (Å²) >= 11 is 0. The molecule has 19 heavy (non-hydrogen) atoms. The Bertz CT molecular complexity index is 524. The molecule has 0 aliphatic heterocycles. The summed E-state index contributed by atoms with van der Waals surface area (Å²) in [6.45, 7) is 4.19. The minimum Gasteiger partial charge on any atom is -0.462 e. The summed E-state index contributed by atoms with van der Waals surface area (Å²) in [5.74, 6) is -0.696. The van der Waals surface area contributed by atoms with Gasteiger partial charge in [-0.2, -0.15) is 9.40 Å². The van der Waals surface area contributed by atoms with Gasteiger partial charge in [0, 0.05) is 13.6 Å². The number of aromatic nitrogens is 2. The number of H-pyrrole nitrogens is 1. The number of hydrogen-bond donors (Lipinski definition) is 1. The Labute approximate surface area is 113 Å². The van der Waals surface area contributed by atoms with Crippen LogP contribution in [0.4, 0.5) is 0 Å². The topological polar surface area (TPSA) is 92.4 Å². The lowest BCUT2D eigenvalue weighted by molar-refractivity contribution is 0.0521. The number of sulfonamides is 1. The molecule has 0 radical (unpaired) electrons. The van der Waals surface area contributed by atoms with Crippen molar-refractivity contribution in [3.05, 3.63) is 11.8 Å². The molecule has 0 atom stereocenters. The van der Waals surface area contributed by atoms with E-state index in [9.17, 15) is 13.2 Å². The molecule has 1 N–H and O–H groups in total. The lowest BCUT2D eigenvalue weighted by Crippen LogP contribution is -2.29. The van der Waals surface area contributed by atoms with Crippen LogP contribution >= 0.6 is 0 Å². The van der Waals surface area contributed by atoms with Crippen molar-refractivity contribution < 1.29 is 17.9 Å². The summed E-state index contributed by atoms with van der Waals surface area (Å²) in [6, 6.07) is 0. The van der Waals surface area contributed by atoms with Crippen molar-refractivity contribution in [2.24, 2.45) is 0 Å². The maximum atomic E-state index is 12.3. The lowest BCUT2D eigenvalue weighted by Gasteiger charge is -2.16. The van der Waals surface area contributed by atoms with Crippen molar-refractivity contribution >= 4 is 16.0 Å². The number of hydrogen-bond acceptors (Lipinski definition) is 5. The molecular weight excluding hydrogens is 270 g/mol. The van der Waals surface area contributed by atoms with Crippen LogP contribution in [0.5, 0.6) is 0 Å². The Morgan fingerprint density at radius 3 is 2.74 bits per heavy atom. The van der Waals surface area contributed by atoms with E-state index in [4.69, 9.17) is 4.74 Å². The first-order chi connectivity index (χ1) is 8.95. The minimum absolute atomic E-state index is 0.0646. The van der Waals surface area contributed by atoms with Gasteiger partial charge < -0.3 is 4.74 Å². The zero-order chi connectivity index (χ0) is 14.5. The van der Waals surface area contributed by atoms with Crippen LogP contribution in [-0.2, 0) is 14.8 Å². The highest BCUT2D eigenvalue weighted by Gasteiger charge is 2.29. The molecule has 0 aromatic carbocycles. The third-order valence-corrected chi connectivity index (χ3v) is 4.42. The summed E-state index contributed by atoms with van der Waals surface area (Å²) in [4.78, 5) is 11.6. The van der Waals surface area contributed by atoms with Crippen molar-refractivity contribution in [2.45, 2.75) is 31.7 Å². The zero-order valence-corrected chi connectivity index (χ0v) is 12.2. The van der Waals surface area contributed by atoms with Crippen molar-refractivity contribution in [3.8, 4) is 0 Å². The van der Waals surface area contributed by atoms with Crippen LogP contribution < -0.4 is 0 Å². The Hall–Kier alpha value is -1.41. The number of aromatic amines is 1. The molecule has 0 aliphatic rings. The number of ether oxygens (including phenoxy) is 1. The summed E-state index contributed by atoms with van der Waals surface area (Å²) in [6.07, 6.45) is 2.80. The van der Waals surface area contributed by atoms with Gasteiger partial charge in [-0.15, -0.1) is 0 Å². The van der Waals surface area contributed by atoms with Gasteiger partial charge in [-0.25, -0.2) is 13.2 Å². The predicted molar refractivity (Wildman–Crippen MR) is 69.3 cm³/mol. The van der Waals surface area contributed by atoms with Crippen LogP contribution in [-0.4, -0.2) is 49.1 Å². The molecule has 1 rings (SSSR count). The number of rotatable bonds is 7. The van der Waals surface area contributed by atoms with Gasteiger partial charge in [0.15, 0.2) is 5.03 Å². The van der Waals surface area contributed by atoms with Crippen molar-refractivity contribution in [1.82, 2.24) is 14.5 Å². The van der Waals surface area contributed by atoms with E-state index in [1.165, 1.54) is 17.5 Å². The molecule has 0 fully saturated rings. The fourth-order valence-corrected chi connectivity index (χ4v) is 2.75. The second kappa shape index (κ2) is 6.67. The quantitative estimate of drug-likeness (QED) is 0.756. The third kappa shape index (κ3) is 3.54. The number of esters is 1. The first-order valence-corrected chi connectivity index (χ1v) is 7.56. The summed E-state index contributed by atoms with van der Waals surface area (Å²) in [7, 11) is -2.27. The van der Waals surface area contributed by atoms with E-state index < -0.39 is 16.0 Å². The molecule has 7 nitrogen and oxygen atoms in total. The van der Waals surface area contributed by atoms with Crippen LogP contribution in [0.2, 0.25) is 0 Å². The van der Waals surface area contributed by atoms with E-state index in [-0.39, 0.29) is 17.2 Å². The second-order valence-corrected chi connectivity index (χ2v) is 6.00. The fourth-order valence-electron chi connectivity index (χ4n) is 1.48. The minimum atomic E-state index is -3.75. The molecule has 0 bridgehead atoms. The Morgan fingerprint density at radius 2 is 2.16 bits per heavy atom. The van der Waals surface area contributed by atoms with Crippen LogP contribution in [0, 0.1) is 0 Å². The number of nitrogens with zero attached hydrogens (tertiary/aromatic N) is 2. The number of carbonyl (C=O) groups excluding carboxylic acids is 1. The smallest absolute Gasteiger partial charge is 0.342 e. The second-order valence-electron chi connectivity index (χ2n) is 4.01. The number of nitrogens with one attached hydrogen (secondary N) is 1. The lowest BCUT2D eigenvalue weighted by atomic mass is 10.3. The predicted octanol–water partition coefficient (Wildman–Crippen LogP) is 1.01. The average Bonchev–Trinajstić information content (AvgIpc) is 2.85. The van der Waals surface area contributed by atoms with E-state index >= 15 is 0 Å². The van der Waals surface area contributed by atoms with Gasteiger partial charge in [-0.05, 0) is 13.3 Å². The van der Waals surface area contributed by atoms with Gasteiger partial charge in [0.25, 0.3) is 10.0 Å². The van der Waals surface area contributed by atoms with E-state index in [0.29, 0.717) is 6.54 Å². The SMILES string of the molecule is CCCCN(C)S(=O)(=O)c1[nH]ncc1C(=O)OCC. The molecule has 1 heterocycles. The van der Waals surface area contributed by atoms with Gasteiger partial charge in [-0.1, -0.05) is 13.3 Å². The number of carbonyl (C=O) groups is 1. The van der Waals surface area contributed by atoms with Gasteiger partial charge in [0.05, 0.1) is 12.8 Å².